The number of pyridine rings is 1. The van der Waals surface area contributed by atoms with Crippen LogP contribution >= 0.6 is 12.4 Å². The van der Waals surface area contributed by atoms with Gasteiger partial charge in [-0.1, -0.05) is 30.3 Å². The lowest BCUT2D eigenvalue weighted by atomic mass is 10.0. The van der Waals surface area contributed by atoms with Crippen LogP contribution in [0.25, 0.3) is 11.3 Å². The van der Waals surface area contributed by atoms with E-state index in [9.17, 15) is 9.59 Å². The van der Waals surface area contributed by atoms with E-state index in [1.807, 2.05) is 30.3 Å². The normalized spacial score (nSPS) is 20.0. The predicted octanol–water partition coefficient (Wildman–Crippen LogP) is 2.33. The minimum atomic E-state index is -0.356. The summed E-state index contributed by atoms with van der Waals surface area (Å²) >= 11 is 0. The van der Waals surface area contributed by atoms with Gasteiger partial charge in [-0.3, -0.25) is 9.59 Å². The summed E-state index contributed by atoms with van der Waals surface area (Å²) in [6.07, 6.45) is 1.77. The van der Waals surface area contributed by atoms with Gasteiger partial charge in [-0.25, -0.2) is 0 Å². The van der Waals surface area contributed by atoms with Crippen LogP contribution in [0.2, 0.25) is 0 Å². The molecule has 128 valence electrons. The summed E-state index contributed by atoms with van der Waals surface area (Å²) < 4.78 is 0. The first-order chi connectivity index (χ1) is 11.1. The van der Waals surface area contributed by atoms with Gasteiger partial charge < -0.3 is 15.6 Å². The number of aromatic nitrogens is 1. The molecule has 2 heterocycles. The summed E-state index contributed by atoms with van der Waals surface area (Å²) in [5, 5.41) is 6.31. The van der Waals surface area contributed by atoms with Crippen LogP contribution < -0.4 is 16.2 Å². The topological polar surface area (TPSA) is 74.0 Å². The molecule has 0 radical (unpaired) electrons. The third-order valence-electron chi connectivity index (χ3n) is 4.20. The number of halogens is 1. The van der Waals surface area contributed by atoms with Crippen LogP contribution in [0.5, 0.6) is 0 Å². The van der Waals surface area contributed by atoms with E-state index in [0.29, 0.717) is 11.7 Å². The number of carbonyl (C=O) groups is 1. The van der Waals surface area contributed by atoms with Crippen molar-refractivity contribution in [1.29, 1.82) is 0 Å². The third kappa shape index (κ3) is 4.24. The van der Waals surface area contributed by atoms with E-state index in [0.717, 1.165) is 24.9 Å². The summed E-state index contributed by atoms with van der Waals surface area (Å²) in [6, 6.07) is 13.4. The molecule has 2 atom stereocenters. The molecular weight excluding hydrogens is 326 g/mol. The zero-order valence-corrected chi connectivity index (χ0v) is 14.4. The van der Waals surface area contributed by atoms with Gasteiger partial charge in [-0.2, -0.15) is 0 Å². The summed E-state index contributed by atoms with van der Waals surface area (Å²) in [7, 11) is 0. The van der Waals surface area contributed by atoms with Crippen molar-refractivity contribution in [3.63, 3.8) is 0 Å². The first-order valence-electron chi connectivity index (χ1n) is 7.96. The molecule has 24 heavy (non-hydrogen) atoms. The second-order valence-electron chi connectivity index (χ2n) is 6.03. The molecule has 1 aromatic carbocycles. The molecule has 5 nitrogen and oxygen atoms in total. The molecule has 3 N–H and O–H groups in total. The Bertz CT molecular complexity index is 745. The van der Waals surface area contributed by atoms with E-state index in [1.54, 1.807) is 12.1 Å². The molecule has 2 unspecified atom stereocenters. The van der Waals surface area contributed by atoms with Crippen molar-refractivity contribution in [2.45, 2.75) is 31.8 Å². The number of benzene rings is 1. The number of H-pyrrole nitrogens is 1. The molecule has 1 aromatic heterocycles. The second kappa shape index (κ2) is 8.13. The molecule has 1 fully saturated rings. The molecule has 2 aromatic rings. The van der Waals surface area contributed by atoms with Gasteiger partial charge in [0.05, 0.1) is 0 Å². The predicted molar refractivity (Wildman–Crippen MR) is 97.7 cm³/mol. The molecule has 1 saturated heterocycles. The van der Waals surface area contributed by atoms with Gasteiger partial charge in [-0.15, -0.1) is 12.4 Å². The van der Waals surface area contributed by atoms with Crippen molar-refractivity contribution >= 4 is 18.3 Å². The van der Waals surface area contributed by atoms with E-state index in [-0.39, 0.29) is 35.5 Å². The Balaban J connectivity index is 0.00000208. The SMILES string of the molecule is CC1CC(NC(=O)c2ccc(-c3ccccc3)[nH]c2=O)CCN1.Cl. The van der Waals surface area contributed by atoms with E-state index < -0.39 is 0 Å². The van der Waals surface area contributed by atoms with Crippen LogP contribution in [0.15, 0.2) is 47.3 Å². The minimum absolute atomic E-state index is 0. The minimum Gasteiger partial charge on any atom is -0.349 e. The Morgan fingerprint density at radius 2 is 1.92 bits per heavy atom. The van der Waals surface area contributed by atoms with E-state index in [2.05, 4.69) is 22.5 Å². The Morgan fingerprint density at radius 1 is 1.17 bits per heavy atom. The number of nitrogens with one attached hydrogen (secondary N) is 3. The van der Waals surface area contributed by atoms with Gasteiger partial charge in [0.15, 0.2) is 0 Å². The van der Waals surface area contributed by atoms with Crippen LogP contribution in [0.3, 0.4) is 0 Å². The smallest absolute Gasteiger partial charge is 0.261 e. The maximum Gasteiger partial charge on any atom is 0.261 e. The van der Waals surface area contributed by atoms with Crippen molar-refractivity contribution < 1.29 is 4.79 Å². The highest BCUT2D eigenvalue weighted by molar-refractivity contribution is 5.94. The highest BCUT2D eigenvalue weighted by Gasteiger charge is 2.21. The Kier molecular flexibility index (Phi) is 6.17. The second-order valence-corrected chi connectivity index (χ2v) is 6.03. The standard InChI is InChI=1S/C18H21N3O2.ClH/c1-12-11-14(9-10-19-12)20-17(22)15-7-8-16(21-18(15)23)13-5-3-2-4-6-13;/h2-8,12,14,19H,9-11H2,1H3,(H,20,22)(H,21,23);1H. The molecule has 3 rings (SSSR count). The zero-order valence-electron chi connectivity index (χ0n) is 13.5. The molecule has 6 heteroatoms. The molecule has 1 aliphatic rings. The lowest BCUT2D eigenvalue weighted by Gasteiger charge is -2.28. The number of hydrogen-bond donors (Lipinski definition) is 3. The Morgan fingerprint density at radius 3 is 2.58 bits per heavy atom. The van der Waals surface area contributed by atoms with E-state index in [1.165, 1.54) is 0 Å². The highest BCUT2D eigenvalue weighted by atomic mass is 35.5. The molecule has 0 spiro atoms. The molecular formula is C18H22ClN3O2. The number of rotatable bonds is 3. The number of amides is 1. The lowest BCUT2D eigenvalue weighted by molar-refractivity contribution is 0.0924. The molecule has 0 saturated carbocycles. The fraction of sp³-hybridized carbons (Fsp3) is 0.333. The number of carbonyl (C=O) groups excluding carboxylic acids is 1. The third-order valence-corrected chi connectivity index (χ3v) is 4.20. The number of aromatic amines is 1. The maximum atomic E-state index is 12.3. The summed E-state index contributed by atoms with van der Waals surface area (Å²) in [4.78, 5) is 27.4. The van der Waals surface area contributed by atoms with Crippen LogP contribution in [0.1, 0.15) is 30.1 Å². The molecule has 1 aliphatic heterocycles. The largest absolute Gasteiger partial charge is 0.349 e. The Labute approximate surface area is 147 Å². The average Bonchev–Trinajstić information content (AvgIpc) is 2.55. The van der Waals surface area contributed by atoms with Crippen LogP contribution in [-0.2, 0) is 0 Å². The molecule has 0 bridgehead atoms. The first-order valence-corrected chi connectivity index (χ1v) is 7.96. The quantitative estimate of drug-likeness (QED) is 0.797. The van der Waals surface area contributed by atoms with E-state index in [4.69, 9.17) is 0 Å². The highest BCUT2D eigenvalue weighted by Crippen LogP contribution is 2.15. The van der Waals surface area contributed by atoms with Crippen molar-refractivity contribution in [3.8, 4) is 11.3 Å². The van der Waals surface area contributed by atoms with Crippen LogP contribution in [0, 0.1) is 0 Å². The van der Waals surface area contributed by atoms with Gasteiger partial charge in [0.25, 0.3) is 11.5 Å². The fourth-order valence-corrected chi connectivity index (χ4v) is 2.96. The van der Waals surface area contributed by atoms with Crippen LogP contribution in [0.4, 0.5) is 0 Å². The van der Waals surface area contributed by atoms with Gasteiger partial charge in [0.1, 0.15) is 5.56 Å². The Hall–Kier alpha value is -2.11. The fourth-order valence-electron chi connectivity index (χ4n) is 2.96. The number of piperidine rings is 1. The lowest BCUT2D eigenvalue weighted by Crippen LogP contribution is -2.47. The summed E-state index contributed by atoms with van der Waals surface area (Å²) in [5.74, 6) is -0.301. The van der Waals surface area contributed by atoms with Crippen molar-refractivity contribution in [1.82, 2.24) is 15.6 Å². The van der Waals surface area contributed by atoms with E-state index >= 15 is 0 Å². The maximum absolute atomic E-state index is 12.3. The van der Waals surface area contributed by atoms with Gasteiger partial charge >= 0.3 is 0 Å². The van der Waals surface area contributed by atoms with Crippen molar-refractivity contribution in [3.05, 3.63) is 58.4 Å². The number of hydrogen-bond acceptors (Lipinski definition) is 3. The van der Waals surface area contributed by atoms with Gasteiger partial charge in [-0.05, 0) is 44.0 Å². The van der Waals surface area contributed by atoms with Gasteiger partial charge in [0.2, 0.25) is 0 Å². The molecule has 0 aliphatic carbocycles. The van der Waals surface area contributed by atoms with Crippen molar-refractivity contribution in [2.24, 2.45) is 0 Å². The van der Waals surface area contributed by atoms with Crippen molar-refractivity contribution in [2.75, 3.05) is 6.54 Å². The zero-order chi connectivity index (χ0) is 16.2. The summed E-state index contributed by atoms with van der Waals surface area (Å²) in [5.41, 5.74) is 1.44. The average molecular weight is 348 g/mol. The monoisotopic (exact) mass is 347 g/mol. The van der Waals surface area contributed by atoms with Crippen LogP contribution in [-0.4, -0.2) is 29.5 Å². The summed E-state index contributed by atoms with van der Waals surface area (Å²) in [6.45, 7) is 2.98. The molecule has 1 amide bonds. The van der Waals surface area contributed by atoms with Gasteiger partial charge in [0, 0.05) is 17.8 Å². The first kappa shape index (κ1) is 18.2.